The molecular weight excluding hydrogens is 392 g/mol. The van der Waals surface area contributed by atoms with Crippen molar-refractivity contribution in [1.82, 2.24) is 4.57 Å². The van der Waals surface area contributed by atoms with E-state index in [4.69, 9.17) is 4.74 Å². The second-order valence-corrected chi connectivity index (χ2v) is 7.84. The maximum absolute atomic E-state index is 12.7. The van der Waals surface area contributed by atoms with Gasteiger partial charge in [-0.3, -0.25) is 14.2 Å². The number of hydrogen-bond acceptors (Lipinski definition) is 4. The molecule has 1 heterocycles. The molecule has 0 aliphatic rings. The van der Waals surface area contributed by atoms with Crippen LogP contribution in [0.5, 0.6) is 0 Å². The molecule has 0 saturated carbocycles. The lowest BCUT2D eigenvalue weighted by atomic mass is 10.0. The predicted octanol–water partition coefficient (Wildman–Crippen LogP) is 4.52. The molecule has 0 aliphatic heterocycles. The van der Waals surface area contributed by atoms with Crippen LogP contribution in [0.4, 0.5) is 5.69 Å². The molecule has 0 fully saturated rings. The standard InChI is InChI=1S/C25H28N2O4/c1-5-6-11-31-25(30)19-7-9-20(10-8-19)26-22(28)15-27-23(29)14-17(3)21-13-16(2)12-18(4)24(21)27/h7-10,12-14H,5-6,11,15H2,1-4H3,(H,26,28). The van der Waals surface area contributed by atoms with Crippen LogP contribution in [0.25, 0.3) is 10.9 Å². The quantitative estimate of drug-likeness (QED) is 0.450. The summed E-state index contributed by atoms with van der Waals surface area (Å²) in [4.78, 5) is 37.3. The van der Waals surface area contributed by atoms with Gasteiger partial charge in [0, 0.05) is 17.1 Å². The first-order valence-electron chi connectivity index (χ1n) is 10.5. The van der Waals surface area contributed by atoms with Crippen LogP contribution in [0.2, 0.25) is 0 Å². The molecule has 0 radical (unpaired) electrons. The summed E-state index contributed by atoms with van der Waals surface area (Å²) in [5, 5.41) is 3.76. The van der Waals surface area contributed by atoms with Crippen LogP contribution < -0.4 is 10.9 Å². The van der Waals surface area contributed by atoms with Crippen molar-refractivity contribution < 1.29 is 14.3 Å². The van der Waals surface area contributed by atoms with Gasteiger partial charge in [0.25, 0.3) is 5.56 Å². The van der Waals surface area contributed by atoms with E-state index in [1.54, 1.807) is 30.3 Å². The molecule has 0 aliphatic carbocycles. The average Bonchev–Trinajstić information content (AvgIpc) is 2.71. The molecule has 6 nitrogen and oxygen atoms in total. The molecule has 6 heteroatoms. The van der Waals surface area contributed by atoms with Crippen molar-refractivity contribution >= 4 is 28.5 Å². The number of benzene rings is 2. The zero-order valence-corrected chi connectivity index (χ0v) is 18.5. The Balaban J connectivity index is 1.76. The molecule has 1 aromatic heterocycles. The Bertz CT molecular complexity index is 1180. The fourth-order valence-electron chi connectivity index (χ4n) is 3.65. The molecule has 1 amide bonds. The van der Waals surface area contributed by atoms with E-state index in [1.807, 2.05) is 39.8 Å². The van der Waals surface area contributed by atoms with Crippen molar-refractivity contribution in [2.75, 3.05) is 11.9 Å². The molecule has 3 rings (SSSR count). The van der Waals surface area contributed by atoms with Gasteiger partial charge in [0.15, 0.2) is 0 Å². The molecule has 162 valence electrons. The van der Waals surface area contributed by atoms with E-state index in [2.05, 4.69) is 5.32 Å². The van der Waals surface area contributed by atoms with Crippen molar-refractivity contribution in [3.8, 4) is 0 Å². The first kappa shape index (κ1) is 22.3. The normalized spacial score (nSPS) is 10.8. The number of aryl methyl sites for hydroxylation is 3. The maximum Gasteiger partial charge on any atom is 0.338 e. The Hall–Kier alpha value is -3.41. The Morgan fingerprint density at radius 3 is 2.39 bits per heavy atom. The highest BCUT2D eigenvalue weighted by atomic mass is 16.5. The summed E-state index contributed by atoms with van der Waals surface area (Å²) >= 11 is 0. The summed E-state index contributed by atoms with van der Waals surface area (Å²) in [6.45, 7) is 8.19. The molecule has 0 spiro atoms. The number of unbranched alkanes of at least 4 members (excludes halogenated alkanes) is 1. The Kier molecular flexibility index (Phi) is 6.90. The third-order valence-electron chi connectivity index (χ3n) is 5.18. The van der Waals surface area contributed by atoms with E-state index in [-0.39, 0.29) is 24.0 Å². The Labute approximate surface area is 181 Å². The number of carbonyl (C=O) groups excluding carboxylic acids is 2. The van der Waals surface area contributed by atoms with Crippen molar-refractivity contribution in [2.45, 2.75) is 47.1 Å². The third-order valence-corrected chi connectivity index (χ3v) is 5.18. The van der Waals surface area contributed by atoms with E-state index in [0.717, 1.165) is 40.4 Å². The fourth-order valence-corrected chi connectivity index (χ4v) is 3.65. The molecule has 2 aromatic carbocycles. The predicted molar refractivity (Wildman–Crippen MR) is 123 cm³/mol. The maximum atomic E-state index is 12.7. The lowest BCUT2D eigenvalue weighted by Gasteiger charge is -2.15. The topological polar surface area (TPSA) is 77.4 Å². The molecule has 0 atom stereocenters. The number of nitrogens with one attached hydrogen (secondary N) is 1. The number of fused-ring (bicyclic) bond motifs is 1. The summed E-state index contributed by atoms with van der Waals surface area (Å²) in [7, 11) is 0. The second-order valence-electron chi connectivity index (χ2n) is 7.84. The van der Waals surface area contributed by atoms with Crippen LogP contribution >= 0.6 is 0 Å². The lowest BCUT2D eigenvalue weighted by Crippen LogP contribution is -2.28. The smallest absolute Gasteiger partial charge is 0.338 e. The van der Waals surface area contributed by atoms with Gasteiger partial charge in [-0.15, -0.1) is 0 Å². The summed E-state index contributed by atoms with van der Waals surface area (Å²) < 4.78 is 6.69. The molecular formula is C25H28N2O4. The van der Waals surface area contributed by atoms with E-state index in [0.29, 0.717) is 17.9 Å². The number of hydrogen-bond donors (Lipinski definition) is 1. The number of pyridine rings is 1. The van der Waals surface area contributed by atoms with Gasteiger partial charge >= 0.3 is 5.97 Å². The molecule has 0 bridgehead atoms. The number of nitrogens with zero attached hydrogens (tertiary/aromatic N) is 1. The number of carbonyl (C=O) groups is 2. The van der Waals surface area contributed by atoms with Crippen LogP contribution in [0.15, 0.2) is 47.3 Å². The first-order chi connectivity index (χ1) is 14.8. The van der Waals surface area contributed by atoms with Gasteiger partial charge in [-0.1, -0.05) is 25.0 Å². The van der Waals surface area contributed by atoms with Crippen LogP contribution in [0.1, 0.15) is 46.8 Å². The van der Waals surface area contributed by atoms with E-state index < -0.39 is 0 Å². The summed E-state index contributed by atoms with van der Waals surface area (Å²) in [5.74, 6) is -0.694. The van der Waals surface area contributed by atoms with Crippen LogP contribution in [0, 0.1) is 20.8 Å². The highest BCUT2D eigenvalue weighted by Crippen LogP contribution is 2.22. The van der Waals surface area contributed by atoms with Crippen LogP contribution in [-0.4, -0.2) is 23.1 Å². The number of aromatic nitrogens is 1. The highest BCUT2D eigenvalue weighted by Gasteiger charge is 2.13. The van der Waals surface area contributed by atoms with Gasteiger partial charge < -0.3 is 10.1 Å². The van der Waals surface area contributed by atoms with Gasteiger partial charge in [0.05, 0.1) is 17.7 Å². The van der Waals surface area contributed by atoms with Gasteiger partial charge in [-0.05, 0) is 68.7 Å². The van der Waals surface area contributed by atoms with Crippen LogP contribution in [-0.2, 0) is 16.1 Å². The number of esters is 1. The summed E-state index contributed by atoms with van der Waals surface area (Å²) in [5.41, 5.74) is 4.50. The van der Waals surface area contributed by atoms with Crippen molar-refractivity contribution in [2.24, 2.45) is 0 Å². The van der Waals surface area contributed by atoms with E-state index in [1.165, 1.54) is 4.57 Å². The summed E-state index contributed by atoms with van der Waals surface area (Å²) in [6, 6.07) is 12.1. The first-order valence-corrected chi connectivity index (χ1v) is 10.5. The monoisotopic (exact) mass is 420 g/mol. The van der Waals surface area contributed by atoms with E-state index in [9.17, 15) is 14.4 Å². The zero-order chi connectivity index (χ0) is 22.5. The molecule has 3 aromatic rings. The number of amides is 1. The number of ether oxygens (including phenoxy) is 1. The molecule has 0 unspecified atom stereocenters. The van der Waals surface area contributed by atoms with Crippen LogP contribution in [0.3, 0.4) is 0 Å². The number of rotatable bonds is 7. The van der Waals surface area contributed by atoms with Gasteiger partial charge in [0.2, 0.25) is 5.91 Å². The minimum absolute atomic E-state index is 0.0969. The third kappa shape index (κ3) is 5.20. The molecule has 1 N–H and O–H groups in total. The van der Waals surface area contributed by atoms with Gasteiger partial charge in [-0.2, -0.15) is 0 Å². The van der Waals surface area contributed by atoms with Crippen molar-refractivity contribution in [1.29, 1.82) is 0 Å². The highest BCUT2D eigenvalue weighted by molar-refractivity contribution is 5.94. The average molecular weight is 421 g/mol. The molecule has 0 saturated heterocycles. The van der Waals surface area contributed by atoms with E-state index >= 15 is 0 Å². The van der Waals surface area contributed by atoms with Gasteiger partial charge in [0.1, 0.15) is 6.54 Å². The largest absolute Gasteiger partial charge is 0.462 e. The van der Waals surface area contributed by atoms with Crippen molar-refractivity contribution in [3.63, 3.8) is 0 Å². The zero-order valence-electron chi connectivity index (χ0n) is 18.5. The second kappa shape index (κ2) is 9.60. The minimum atomic E-state index is -0.380. The number of anilines is 1. The Morgan fingerprint density at radius 2 is 1.71 bits per heavy atom. The fraction of sp³-hybridized carbons (Fsp3) is 0.320. The SMILES string of the molecule is CCCCOC(=O)c1ccc(NC(=O)Cn2c(=O)cc(C)c3cc(C)cc(C)c32)cc1. The minimum Gasteiger partial charge on any atom is -0.462 e. The summed E-state index contributed by atoms with van der Waals surface area (Å²) in [6.07, 6.45) is 1.78. The van der Waals surface area contributed by atoms with Crippen molar-refractivity contribution in [3.05, 3.63) is 75.1 Å². The van der Waals surface area contributed by atoms with Gasteiger partial charge in [-0.25, -0.2) is 4.79 Å². The molecule has 31 heavy (non-hydrogen) atoms. The Morgan fingerprint density at radius 1 is 1.00 bits per heavy atom. The lowest BCUT2D eigenvalue weighted by molar-refractivity contribution is -0.116.